The van der Waals surface area contributed by atoms with Crippen molar-refractivity contribution in [1.29, 1.82) is 0 Å². The highest BCUT2D eigenvalue weighted by Crippen LogP contribution is 2.27. The first kappa shape index (κ1) is 22.5. The van der Waals surface area contributed by atoms with Crippen molar-refractivity contribution < 1.29 is 22.0 Å². The van der Waals surface area contributed by atoms with Gasteiger partial charge in [-0.2, -0.15) is 9.30 Å². The van der Waals surface area contributed by atoms with Gasteiger partial charge >= 0.3 is 0 Å². The quantitative estimate of drug-likeness (QED) is 0.526. The van der Waals surface area contributed by atoms with E-state index in [0.717, 1.165) is 23.0 Å². The average Bonchev–Trinajstić information content (AvgIpc) is 3.35. The third kappa shape index (κ3) is 4.05. The van der Waals surface area contributed by atoms with Crippen molar-refractivity contribution in [2.45, 2.75) is 37.2 Å². The number of carbonyl (C=O) groups excluding carboxylic acids is 1. The van der Waals surface area contributed by atoms with Crippen LogP contribution < -0.4 is 4.80 Å². The average molecular weight is 478 g/mol. The standard InChI is InChI=1S/C22H21F2N3O3S2/c1-3-10-26-20-17(24)12-15(23)13-19(20)31-22(26)25-21(28)18-5-4-11-27(18)32(29,30)16-8-6-14(2)7-9-16/h3,6-9,12-13,18H,1,4-5,10-11H2,2H3. The topological polar surface area (TPSA) is 71.7 Å². The Labute approximate surface area is 188 Å². The zero-order valence-corrected chi connectivity index (χ0v) is 18.9. The fourth-order valence-corrected chi connectivity index (χ4v) is 6.54. The van der Waals surface area contributed by atoms with Crippen molar-refractivity contribution in [2.75, 3.05) is 6.54 Å². The van der Waals surface area contributed by atoms with Gasteiger partial charge in [0, 0.05) is 19.2 Å². The molecule has 0 saturated carbocycles. The summed E-state index contributed by atoms with van der Waals surface area (Å²) >= 11 is 0.966. The molecule has 0 N–H and O–H groups in total. The number of carbonyl (C=O) groups is 1. The number of aromatic nitrogens is 1. The number of sulfonamides is 1. The first-order valence-electron chi connectivity index (χ1n) is 9.98. The number of halogens is 2. The van der Waals surface area contributed by atoms with Crippen molar-refractivity contribution in [3.05, 3.63) is 71.1 Å². The Kier molecular flexibility index (Phi) is 6.11. The van der Waals surface area contributed by atoms with Crippen molar-refractivity contribution in [1.82, 2.24) is 8.87 Å². The van der Waals surface area contributed by atoms with Crippen LogP contribution >= 0.6 is 11.3 Å². The van der Waals surface area contributed by atoms with Crippen LogP contribution in [0.4, 0.5) is 8.78 Å². The predicted octanol–water partition coefficient (Wildman–Crippen LogP) is 3.76. The third-order valence-electron chi connectivity index (χ3n) is 5.33. The Morgan fingerprint density at radius 1 is 1.28 bits per heavy atom. The molecule has 1 atom stereocenters. The maximum atomic E-state index is 14.4. The van der Waals surface area contributed by atoms with Crippen molar-refractivity contribution in [2.24, 2.45) is 4.99 Å². The van der Waals surface area contributed by atoms with E-state index in [4.69, 9.17) is 0 Å². The van der Waals surface area contributed by atoms with E-state index in [1.165, 1.54) is 33.1 Å². The summed E-state index contributed by atoms with van der Waals surface area (Å²) in [4.78, 5) is 17.5. The fraction of sp³-hybridized carbons (Fsp3) is 0.273. The third-order valence-corrected chi connectivity index (χ3v) is 8.28. The summed E-state index contributed by atoms with van der Waals surface area (Å²) in [7, 11) is -3.88. The first-order chi connectivity index (χ1) is 15.2. The number of nitrogens with zero attached hydrogens (tertiary/aromatic N) is 3. The van der Waals surface area contributed by atoms with E-state index in [0.29, 0.717) is 17.5 Å². The molecule has 10 heteroatoms. The number of allylic oxidation sites excluding steroid dienone is 1. The molecular formula is C22H21F2N3O3S2. The molecule has 0 bridgehead atoms. The molecule has 6 nitrogen and oxygen atoms in total. The Morgan fingerprint density at radius 3 is 2.69 bits per heavy atom. The Balaban J connectivity index is 1.75. The smallest absolute Gasteiger partial charge is 0.266 e. The Bertz CT molecular complexity index is 1380. The van der Waals surface area contributed by atoms with Gasteiger partial charge in [-0.05, 0) is 38.0 Å². The molecule has 4 rings (SSSR count). The summed E-state index contributed by atoms with van der Waals surface area (Å²) < 4.78 is 57.3. The highest BCUT2D eigenvalue weighted by Gasteiger charge is 2.39. The lowest BCUT2D eigenvalue weighted by atomic mass is 10.2. The second-order valence-electron chi connectivity index (χ2n) is 7.56. The minimum atomic E-state index is -3.88. The van der Waals surface area contributed by atoms with Gasteiger partial charge in [-0.3, -0.25) is 4.79 Å². The minimum Gasteiger partial charge on any atom is -0.310 e. The van der Waals surface area contributed by atoms with E-state index in [-0.39, 0.29) is 28.3 Å². The lowest BCUT2D eigenvalue weighted by Gasteiger charge is -2.21. The van der Waals surface area contributed by atoms with E-state index < -0.39 is 33.6 Å². The maximum absolute atomic E-state index is 14.4. The van der Waals surface area contributed by atoms with Gasteiger partial charge in [0.15, 0.2) is 10.6 Å². The summed E-state index contributed by atoms with van der Waals surface area (Å²) in [5, 5.41) is 0. The molecule has 1 aromatic heterocycles. The van der Waals surface area contributed by atoms with Crippen molar-refractivity contribution in [3.8, 4) is 0 Å². The largest absolute Gasteiger partial charge is 0.310 e. The molecule has 2 aromatic carbocycles. The molecule has 1 aliphatic rings. The number of amides is 1. The molecule has 0 radical (unpaired) electrons. The number of thiazole rings is 1. The number of fused-ring (bicyclic) bond motifs is 1. The Hall–Kier alpha value is -2.69. The molecule has 1 unspecified atom stereocenters. The predicted molar refractivity (Wildman–Crippen MR) is 119 cm³/mol. The number of rotatable bonds is 5. The molecule has 2 heterocycles. The molecule has 0 aliphatic carbocycles. The van der Waals surface area contributed by atoms with Gasteiger partial charge in [0.05, 0.1) is 15.1 Å². The van der Waals surface area contributed by atoms with Gasteiger partial charge in [0.25, 0.3) is 5.91 Å². The van der Waals surface area contributed by atoms with E-state index in [2.05, 4.69) is 11.6 Å². The van der Waals surface area contributed by atoms with E-state index >= 15 is 0 Å². The number of benzene rings is 2. The summed E-state index contributed by atoms with van der Waals surface area (Å²) in [6.07, 6.45) is 2.38. The van der Waals surface area contributed by atoms with Gasteiger partial charge < -0.3 is 4.57 Å². The van der Waals surface area contributed by atoms with Gasteiger partial charge in [-0.25, -0.2) is 17.2 Å². The molecule has 3 aromatic rings. The van der Waals surface area contributed by atoms with Crippen LogP contribution in [-0.4, -0.2) is 35.8 Å². The van der Waals surface area contributed by atoms with Gasteiger partial charge in [-0.15, -0.1) is 6.58 Å². The van der Waals surface area contributed by atoms with Crippen molar-refractivity contribution >= 4 is 37.5 Å². The van der Waals surface area contributed by atoms with Gasteiger partial charge in [0.1, 0.15) is 11.9 Å². The summed E-state index contributed by atoms with van der Waals surface area (Å²) in [6, 6.07) is 7.43. The molecule has 1 amide bonds. The Morgan fingerprint density at radius 2 is 2.00 bits per heavy atom. The van der Waals surface area contributed by atoms with Crippen LogP contribution in [0.3, 0.4) is 0 Å². The molecule has 168 valence electrons. The normalized spacial score (nSPS) is 17.8. The van der Waals surface area contributed by atoms with Crippen molar-refractivity contribution in [3.63, 3.8) is 0 Å². The molecule has 1 aliphatic heterocycles. The lowest BCUT2D eigenvalue weighted by Crippen LogP contribution is -2.40. The van der Waals surface area contributed by atoms with Crippen LogP contribution in [0.2, 0.25) is 0 Å². The molecule has 1 fully saturated rings. The second kappa shape index (κ2) is 8.68. The zero-order chi connectivity index (χ0) is 23.0. The maximum Gasteiger partial charge on any atom is 0.266 e. The fourth-order valence-electron chi connectivity index (χ4n) is 3.80. The van der Waals surface area contributed by atoms with Crippen LogP contribution in [-0.2, 0) is 21.4 Å². The number of hydrogen-bond acceptors (Lipinski definition) is 4. The SMILES string of the molecule is C=CCn1c(=NC(=O)C2CCCN2S(=O)(=O)c2ccc(C)cc2)sc2cc(F)cc(F)c21. The lowest BCUT2D eigenvalue weighted by molar-refractivity contribution is -0.121. The van der Waals surface area contributed by atoms with E-state index in [9.17, 15) is 22.0 Å². The number of hydrogen-bond donors (Lipinski definition) is 0. The van der Waals surface area contributed by atoms with Crippen LogP contribution in [0.5, 0.6) is 0 Å². The van der Waals surface area contributed by atoms with Crippen LogP contribution in [0.25, 0.3) is 10.2 Å². The monoisotopic (exact) mass is 477 g/mol. The van der Waals surface area contributed by atoms with E-state index in [1.54, 1.807) is 12.1 Å². The van der Waals surface area contributed by atoms with Gasteiger partial charge in [0.2, 0.25) is 10.0 Å². The molecule has 0 spiro atoms. The summed E-state index contributed by atoms with van der Waals surface area (Å²) in [6.45, 7) is 5.87. The van der Waals surface area contributed by atoms with Gasteiger partial charge in [-0.1, -0.05) is 35.1 Å². The first-order valence-corrected chi connectivity index (χ1v) is 12.2. The molecular weight excluding hydrogens is 456 g/mol. The van der Waals surface area contributed by atoms with Crippen LogP contribution in [0.1, 0.15) is 18.4 Å². The highest BCUT2D eigenvalue weighted by atomic mass is 32.2. The zero-order valence-electron chi connectivity index (χ0n) is 17.3. The second-order valence-corrected chi connectivity index (χ2v) is 10.5. The summed E-state index contributed by atoms with van der Waals surface area (Å²) in [5.41, 5.74) is 1.05. The molecule has 32 heavy (non-hydrogen) atoms. The van der Waals surface area contributed by atoms with Crippen LogP contribution in [0.15, 0.2) is 58.9 Å². The van der Waals surface area contributed by atoms with E-state index in [1.807, 2.05) is 6.92 Å². The molecule has 1 saturated heterocycles. The number of aryl methyl sites for hydroxylation is 1. The summed E-state index contributed by atoms with van der Waals surface area (Å²) in [5.74, 6) is -2.13. The van der Waals surface area contributed by atoms with Crippen LogP contribution in [0, 0.1) is 18.6 Å². The highest BCUT2D eigenvalue weighted by molar-refractivity contribution is 7.89. The minimum absolute atomic E-state index is 0.115.